The second-order valence-corrected chi connectivity index (χ2v) is 10.00. The predicted octanol–water partition coefficient (Wildman–Crippen LogP) is 4.14. The number of amides is 2. The van der Waals surface area contributed by atoms with Gasteiger partial charge >= 0.3 is 0 Å². The summed E-state index contributed by atoms with van der Waals surface area (Å²) in [5.41, 5.74) is 2.40. The SMILES string of the molecule is CCC1=C([C@H](O)CC/C(=C/c2ccc(CO)o2)CC)[C@H](CO)[C@@H]2C(=O)N(c3cccc([N+](=O)[O-])c3)C(=O)[C@@H]2C1. The number of hydrogen-bond acceptors (Lipinski definition) is 8. The molecule has 4 atom stereocenters. The number of allylic oxidation sites excluding steroid dienone is 2. The van der Waals surface area contributed by atoms with E-state index in [1.165, 1.54) is 24.3 Å². The summed E-state index contributed by atoms with van der Waals surface area (Å²) in [6.45, 7) is 3.32. The highest BCUT2D eigenvalue weighted by Crippen LogP contribution is 2.48. The molecule has 3 N–H and O–H groups in total. The van der Waals surface area contributed by atoms with Crippen molar-refractivity contribution in [2.24, 2.45) is 17.8 Å². The Morgan fingerprint density at radius 1 is 1.21 bits per heavy atom. The summed E-state index contributed by atoms with van der Waals surface area (Å²) in [6, 6.07) is 8.88. The molecule has 1 aromatic heterocycles. The Morgan fingerprint density at radius 3 is 2.59 bits per heavy atom. The molecule has 4 rings (SSSR count). The maximum absolute atomic E-state index is 13.6. The highest BCUT2D eigenvalue weighted by atomic mass is 16.6. The van der Waals surface area contributed by atoms with E-state index in [1.807, 2.05) is 19.9 Å². The summed E-state index contributed by atoms with van der Waals surface area (Å²) in [7, 11) is 0. The zero-order chi connectivity index (χ0) is 28.3. The molecule has 0 saturated carbocycles. The second kappa shape index (κ2) is 12.1. The number of aliphatic hydroxyl groups is 3. The molecule has 10 nitrogen and oxygen atoms in total. The van der Waals surface area contributed by atoms with Crippen LogP contribution in [0.1, 0.15) is 57.5 Å². The van der Waals surface area contributed by atoms with Crippen LogP contribution in [-0.2, 0) is 16.2 Å². The lowest BCUT2D eigenvalue weighted by Gasteiger charge is -2.36. The average molecular weight is 539 g/mol. The molecular weight excluding hydrogens is 504 g/mol. The number of imide groups is 1. The molecule has 1 saturated heterocycles. The van der Waals surface area contributed by atoms with Gasteiger partial charge in [0.2, 0.25) is 11.8 Å². The lowest BCUT2D eigenvalue weighted by molar-refractivity contribution is -0.384. The number of carbonyl (C=O) groups is 2. The van der Waals surface area contributed by atoms with E-state index in [0.717, 1.165) is 22.5 Å². The van der Waals surface area contributed by atoms with Crippen LogP contribution >= 0.6 is 0 Å². The van der Waals surface area contributed by atoms with Crippen molar-refractivity contribution in [2.75, 3.05) is 11.5 Å². The number of nitro benzene ring substituents is 1. The summed E-state index contributed by atoms with van der Waals surface area (Å²) in [5.74, 6) is -2.18. The fourth-order valence-corrected chi connectivity index (χ4v) is 5.89. The van der Waals surface area contributed by atoms with Gasteiger partial charge in [-0.25, -0.2) is 4.90 Å². The van der Waals surface area contributed by atoms with E-state index < -0.39 is 47.2 Å². The number of fused-ring (bicyclic) bond motifs is 1. The van der Waals surface area contributed by atoms with Gasteiger partial charge in [-0.1, -0.05) is 31.1 Å². The molecule has 1 aliphatic heterocycles. The molecule has 2 aromatic rings. The molecule has 0 spiro atoms. The van der Waals surface area contributed by atoms with Gasteiger partial charge in [-0.05, 0) is 62.0 Å². The Morgan fingerprint density at radius 2 is 1.97 bits per heavy atom. The number of aliphatic hydroxyl groups excluding tert-OH is 3. The first kappa shape index (κ1) is 28.4. The van der Waals surface area contributed by atoms with Gasteiger partial charge in [0.15, 0.2) is 0 Å². The van der Waals surface area contributed by atoms with Gasteiger partial charge in [0.05, 0.1) is 35.2 Å². The third-order valence-corrected chi connectivity index (χ3v) is 7.84. The van der Waals surface area contributed by atoms with Crippen LogP contribution < -0.4 is 4.90 Å². The van der Waals surface area contributed by atoms with E-state index in [0.29, 0.717) is 36.4 Å². The summed E-state index contributed by atoms with van der Waals surface area (Å²) in [4.78, 5) is 38.7. The van der Waals surface area contributed by atoms with Crippen LogP contribution in [0.15, 0.2) is 57.5 Å². The largest absolute Gasteiger partial charge is 0.459 e. The number of carbonyl (C=O) groups excluding carboxylic acids is 2. The van der Waals surface area contributed by atoms with Crippen molar-refractivity contribution in [2.45, 2.75) is 58.7 Å². The second-order valence-electron chi connectivity index (χ2n) is 10.00. The minimum Gasteiger partial charge on any atom is -0.459 e. The van der Waals surface area contributed by atoms with Crippen molar-refractivity contribution < 1.29 is 34.2 Å². The molecule has 2 heterocycles. The lowest BCUT2D eigenvalue weighted by atomic mass is 9.67. The van der Waals surface area contributed by atoms with Gasteiger partial charge in [0, 0.05) is 18.1 Å². The van der Waals surface area contributed by atoms with Gasteiger partial charge in [0.25, 0.3) is 5.69 Å². The molecule has 39 heavy (non-hydrogen) atoms. The van der Waals surface area contributed by atoms with Gasteiger partial charge in [0.1, 0.15) is 18.1 Å². The van der Waals surface area contributed by atoms with Crippen LogP contribution in [-0.4, -0.2) is 44.8 Å². The Kier molecular flexibility index (Phi) is 8.79. The summed E-state index contributed by atoms with van der Waals surface area (Å²) >= 11 is 0. The summed E-state index contributed by atoms with van der Waals surface area (Å²) < 4.78 is 5.55. The van der Waals surface area contributed by atoms with Gasteiger partial charge in [-0.2, -0.15) is 0 Å². The zero-order valence-electron chi connectivity index (χ0n) is 22.1. The van der Waals surface area contributed by atoms with Crippen LogP contribution in [0.3, 0.4) is 0 Å². The Bertz CT molecular complexity index is 1310. The van der Waals surface area contributed by atoms with Gasteiger partial charge in [-0.15, -0.1) is 0 Å². The Labute approximate surface area is 226 Å². The molecule has 208 valence electrons. The first-order valence-corrected chi connectivity index (χ1v) is 13.3. The number of benzene rings is 1. The normalized spacial score (nSPS) is 22.4. The van der Waals surface area contributed by atoms with Crippen LogP contribution in [0.5, 0.6) is 0 Å². The monoisotopic (exact) mass is 538 g/mol. The average Bonchev–Trinajstić information content (AvgIpc) is 3.50. The fourth-order valence-electron chi connectivity index (χ4n) is 5.89. The fraction of sp³-hybridized carbons (Fsp3) is 0.448. The minimum atomic E-state index is -0.924. The molecule has 0 bridgehead atoms. The molecule has 0 unspecified atom stereocenters. The smallest absolute Gasteiger partial charge is 0.271 e. The van der Waals surface area contributed by atoms with E-state index in [4.69, 9.17) is 4.42 Å². The van der Waals surface area contributed by atoms with E-state index in [-0.39, 0.29) is 24.4 Å². The topological polar surface area (TPSA) is 154 Å². The third-order valence-electron chi connectivity index (χ3n) is 7.84. The van der Waals surface area contributed by atoms with E-state index >= 15 is 0 Å². The maximum Gasteiger partial charge on any atom is 0.271 e. The standard InChI is InChI=1S/C29H34N2O8/c1-3-17(12-21-9-10-22(15-32)39-21)8-11-25(34)26-18(4-2)13-23-27(24(26)16-33)29(36)30(28(23)35)19-6-5-7-20(14-19)31(37)38/h5-7,9-10,12,14,23-25,27,32-34H,3-4,8,11,13,15-16H2,1-2H3/b17-12+/t23-,24+,25-,27-/m1/s1. The molecule has 1 aromatic carbocycles. The van der Waals surface area contributed by atoms with E-state index in [2.05, 4.69) is 0 Å². The van der Waals surface area contributed by atoms with Crippen molar-refractivity contribution >= 4 is 29.3 Å². The molecule has 2 aliphatic rings. The molecular formula is C29H34N2O8. The Balaban J connectivity index is 1.58. The molecule has 1 fully saturated rings. The Hall–Kier alpha value is -3.60. The van der Waals surface area contributed by atoms with Crippen molar-refractivity contribution in [3.63, 3.8) is 0 Å². The highest BCUT2D eigenvalue weighted by Gasteiger charge is 2.55. The quantitative estimate of drug-likeness (QED) is 0.167. The van der Waals surface area contributed by atoms with Crippen molar-refractivity contribution in [1.29, 1.82) is 0 Å². The number of hydrogen-bond donors (Lipinski definition) is 3. The lowest BCUT2D eigenvalue weighted by Crippen LogP contribution is -2.39. The first-order valence-electron chi connectivity index (χ1n) is 13.3. The number of furan rings is 1. The number of nitrogens with zero attached hydrogens (tertiary/aromatic N) is 2. The zero-order valence-corrected chi connectivity index (χ0v) is 22.1. The number of nitro groups is 1. The first-order chi connectivity index (χ1) is 18.7. The number of rotatable bonds is 11. The van der Waals surface area contributed by atoms with Crippen molar-refractivity contribution in [3.8, 4) is 0 Å². The van der Waals surface area contributed by atoms with Gasteiger partial charge in [-0.3, -0.25) is 19.7 Å². The van der Waals surface area contributed by atoms with Crippen molar-refractivity contribution in [3.05, 3.63) is 74.8 Å². The van der Waals surface area contributed by atoms with E-state index in [1.54, 1.807) is 12.1 Å². The van der Waals surface area contributed by atoms with Crippen LogP contribution in [0.4, 0.5) is 11.4 Å². The predicted molar refractivity (Wildman–Crippen MR) is 143 cm³/mol. The van der Waals surface area contributed by atoms with Crippen molar-refractivity contribution in [1.82, 2.24) is 0 Å². The highest BCUT2D eigenvalue weighted by molar-refractivity contribution is 6.22. The van der Waals surface area contributed by atoms with Gasteiger partial charge < -0.3 is 19.7 Å². The van der Waals surface area contributed by atoms with E-state index in [9.17, 15) is 35.0 Å². The third kappa shape index (κ3) is 5.59. The maximum atomic E-state index is 13.6. The molecule has 10 heteroatoms. The van der Waals surface area contributed by atoms with Crippen LogP contribution in [0.25, 0.3) is 6.08 Å². The molecule has 0 radical (unpaired) electrons. The summed E-state index contributed by atoms with van der Waals surface area (Å²) in [6.07, 6.45) is 3.43. The minimum absolute atomic E-state index is 0.130. The molecule has 2 amide bonds. The van der Waals surface area contributed by atoms with Crippen LogP contribution in [0, 0.1) is 27.9 Å². The number of anilines is 1. The van der Waals surface area contributed by atoms with Crippen LogP contribution in [0.2, 0.25) is 0 Å². The molecule has 1 aliphatic carbocycles. The summed E-state index contributed by atoms with van der Waals surface area (Å²) in [5, 5.41) is 42.3. The number of non-ortho nitro benzene ring substituents is 1.